The van der Waals surface area contributed by atoms with Crippen LogP contribution in [0.2, 0.25) is 0 Å². The van der Waals surface area contributed by atoms with Gasteiger partial charge in [-0.3, -0.25) is 4.79 Å². The van der Waals surface area contributed by atoms with Crippen LogP contribution in [0.25, 0.3) is 5.65 Å². The summed E-state index contributed by atoms with van der Waals surface area (Å²) in [4.78, 5) is 18.4. The highest BCUT2D eigenvalue weighted by molar-refractivity contribution is 6.60. The van der Waals surface area contributed by atoms with E-state index in [-0.39, 0.29) is 41.4 Å². The Labute approximate surface area is 179 Å². The van der Waals surface area contributed by atoms with Gasteiger partial charge in [0.05, 0.1) is 36.1 Å². The summed E-state index contributed by atoms with van der Waals surface area (Å²) in [7, 11) is 16.2. The number of rotatable bonds is 4. The molecule has 6 radical (unpaired) electrons. The number of amides is 1. The molecule has 2 atom stereocenters. The third kappa shape index (κ3) is 4.08. The topological polar surface area (TPSA) is 88.5 Å². The van der Waals surface area contributed by atoms with Crippen LogP contribution in [-0.4, -0.2) is 62.0 Å². The lowest BCUT2D eigenvalue weighted by atomic mass is 9.49. The summed E-state index contributed by atoms with van der Waals surface area (Å²) in [5.74, 6) is -2.07. The van der Waals surface area contributed by atoms with Gasteiger partial charge in [0.1, 0.15) is 29.2 Å². The van der Waals surface area contributed by atoms with Crippen molar-refractivity contribution >= 4 is 46.7 Å². The second-order valence-corrected chi connectivity index (χ2v) is 7.37. The number of halogens is 3. The zero-order valence-corrected chi connectivity index (χ0v) is 16.1. The molecule has 7 nitrogen and oxygen atoms in total. The van der Waals surface area contributed by atoms with E-state index in [1.165, 1.54) is 21.7 Å². The Morgan fingerprint density at radius 2 is 2.00 bits per heavy atom. The van der Waals surface area contributed by atoms with Crippen LogP contribution >= 0.6 is 0 Å². The number of nitrogen functional groups attached to an aromatic ring is 1. The van der Waals surface area contributed by atoms with Gasteiger partial charge in [-0.15, -0.1) is 5.10 Å². The van der Waals surface area contributed by atoms with E-state index in [1.807, 2.05) is 0 Å². The molecule has 1 aliphatic rings. The number of aromatic nitrogens is 3. The molecule has 4 rings (SSSR count). The normalized spacial score (nSPS) is 19.1. The third-order valence-electron chi connectivity index (χ3n) is 4.92. The van der Waals surface area contributed by atoms with E-state index >= 15 is 0 Å². The highest BCUT2D eigenvalue weighted by Gasteiger charge is 2.36. The van der Waals surface area contributed by atoms with Gasteiger partial charge < -0.3 is 16.0 Å². The predicted molar refractivity (Wildman–Crippen MR) is 111 cm³/mol. The molecule has 152 valence electrons. The van der Waals surface area contributed by atoms with Crippen molar-refractivity contribution in [3.63, 3.8) is 0 Å². The number of carbonyl (C=O) groups excluding carboxylic acids is 1. The van der Waals surface area contributed by atoms with Crippen molar-refractivity contribution in [1.29, 1.82) is 0 Å². The van der Waals surface area contributed by atoms with E-state index in [9.17, 15) is 18.0 Å². The van der Waals surface area contributed by atoms with Gasteiger partial charge in [-0.25, -0.2) is 22.7 Å². The van der Waals surface area contributed by atoms with Gasteiger partial charge in [0.2, 0.25) is 0 Å². The lowest BCUT2D eigenvalue weighted by molar-refractivity contribution is 0.0955. The molecular formula is C18H14B3F3N6O. The fourth-order valence-corrected chi connectivity index (χ4v) is 3.68. The lowest BCUT2D eigenvalue weighted by Crippen LogP contribution is -2.50. The Morgan fingerprint density at radius 1 is 1.26 bits per heavy atom. The molecule has 13 heteroatoms. The highest BCUT2D eigenvalue weighted by Crippen LogP contribution is 2.38. The quantitative estimate of drug-likeness (QED) is 0.609. The van der Waals surface area contributed by atoms with E-state index in [2.05, 4.69) is 15.4 Å². The minimum Gasteiger partial charge on any atom is -0.381 e. The van der Waals surface area contributed by atoms with Crippen molar-refractivity contribution in [2.24, 2.45) is 0 Å². The predicted octanol–water partition coefficient (Wildman–Crippen LogP) is 0.726. The standard InChI is InChI=1S/C18H14B3F3N6O/c19-18(20,21)27-17(31)14-15(25)28-30-4-3-13(26-16(14)30)29-7-9(23)6-12(29)10-5-8(22)1-2-11(10)24/h1-5,9,12H,6-7H2,(H2,25,28)(H,27,31)/t9-,12+/m0/s1. The number of alkyl halides is 1. The molecule has 0 aliphatic carbocycles. The van der Waals surface area contributed by atoms with Crippen LogP contribution in [0.15, 0.2) is 30.5 Å². The molecule has 3 N–H and O–H groups in total. The number of hydrogen-bond acceptors (Lipinski definition) is 5. The minimum atomic E-state index is -2.01. The van der Waals surface area contributed by atoms with Crippen LogP contribution < -0.4 is 16.0 Å². The van der Waals surface area contributed by atoms with Gasteiger partial charge in [-0.1, -0.05) is 5.24 Å². The number of nitrogens with one attached hydrogen (secondary N) is 1. The largest absolute Gasteiger partial charge is 0.381 e. The van der Waals surface area contributed by atoms with E-state index < -0.39 is 35.0 Å². The molecule has 0 unspecified atom stereocenters. The van der Waals surface area contributed by atoms with Crippen molar-refractivity contribution in [2.45, 2.75) is 23.9 Å². The zero-order valence-electron chi connectivity index (χ0n) is 16.1. The molecular weight excluding hydrogens is 406 g/mol. The van der Waals surface area contributed by atoms with Gasteiger partial charge in [0.15, 0.2) is 11.5 Å². The molecule has 0 bridgehead atoms. The molecule has 31 heavy (non-hydrogen) atoms. The summed E-state index contributed by atoms with van der Waals surface area (Å²) < 4.78 is 43.6. The lowest BCUT2D eigenvalue weighted by Gasteiger charge is -2.26. The molecule has 2 aromatic heterocycles. The van der Waals surface area contributed by atoms with Gasteiger partial charge in [-0.2, -0.15) is 0 Å². The summed E-state index contributed by atoms with van der Waals surface area (Å²) in [5.41, 5.74) is 5.72. The Hall–Kier alpha value is -3.11. The van der Waals surface area contributed by atoms with Crippen molar-refractivity contribution in [3.8, 4) is 0 Å². The number of anilines is 2. The maximum absolute atomic E-state index is 14.4. The smallest absolute Gasteiger partial charge is 0.257 e. The highest BCUT2D eigenvalue weighted by atomic mass is 19.1. The summed E-state index contributed by atoms with van der Waals surface area (Å²) in [6.45, 7) is -0.105. The van der Waals surface area contributed by atoms with Crippen molar-refractivity contribution in [2.75, 3.05) is 17.2 Å². The number of nitrogens with two attached hydrogens (primary N) is 1. The Balaban J connectivity index is 1.77. The number of fused-ring (bicyclic) bond motifs is 1. The van der Waals surface area contributed by atoms with E-state index in [0.29, 0.717) is 0 Å². The van der Waals surface area contributed by atoms with Crippen LogP contribution in [0, 0.1) is 11.6 Å². The molecule has 0 saturated carbocycles. The number of nitrogens with zero attached hydrogens (tertiary/aromatic N) is 4. The molecule has 1 aliphatic heterocycles. The summed E-state index contributed by atoms with van der Waals surface area (Å²) in [6.07, 6.45) is 0.101. The fourth-order valence-electron chi connectivity index (χ4n) is 3.68. The first-order valence-corrected chi connectivity index (χ1v) is 9.23. The Bertz CT molecular complexity index is 1170. The van der Waals surface area contributed by atoms with Crippen LogP contribution in [0.3, 0.4) is 0 Å². The van der Waals surface area contributed by atoms with Gasteiger partial charge in [0, 0.05) is 18.2 Å². The number of hydrogen-bond donors (Lipinski definition) is 2. The van der Waals surface area contributed by atoms with Crippen molar-refractivity contribution < 1.29 is 18.0 Å². The number of carbonyl (C=O) groups is 1. The van der Waals surface area contributed by atoms with E-state index in [4.69, 9.17) is 29.3 Å². The second kappa shape index (κ2) is 7.54. The molecule has 1 aromatic carbocycles. The monoisotopic (exact) mass is 420 g/mol. The summed E-state index contributed by atoms with van der Waals surface area (Å²) in [6, 6.07) is 3.71. The first kappa shape index (κ1) is 21.1. The molecule has 1 amide bonds. The van der Waals surface area contributed by atoms with Crippen molar-refractivity contribution in [3.05, 3.63) is 53.2 Å². The molecule has 3 aromatic rings. The van der Waals surface area contributed by atoms with Crippen LogP contribution in [0.5, 0.6) is 0 Å². The van der Waals surface area contributed by atoms with Crippen LogP contribution in [0.4, 0.5) is 24.8 Å². The van der Waals surface area contributed by atoms with Gasteiger partial charge >= 0.3 is 0 Å². The van der Waals surface area contributed by atoms with E-state index in [1.54, 1.807) is 0 Å². The summed E-state index contributed by atoms with van der Waals surface area (Å²) in [5, 5.41) is 4.14. The minimum absolute atomic E-state index is 0.00647. The average molecular weight is 420 g/mol. The molecule has 0 spiro atoms. The second-order valence-electron chi connectivity index (χ2n) is 7.37. The molecule has 3 heterocycles. The van der Waals surface area contributed by atoms with Crippen molar-refractivity contribution in [1.82, 2.24) is 19.9 Å². The van der Waals surface area contributed by atoms with Crippen LogP contribution in [0.1, 0.15) is 28.4 Å². The van der Waals surface area contributed by atoms with Gasteiger partial charge in [-0.05, 0) is 24.3 Å². The SMILES string of the molecule is [B]C([B])([B])NC(=O)c1c(N)nn2ccc(N3C[C@@H](F)C[C@@H]3c3cc(F)ccc3F)nc12. The van der Waals surface area contributed by atoms with Crippen LogP contribution in [-0.2, 0) is 0 Å². The maximum atomic E-state index is 14.4. The fraction of sp³-hybridized carbons (Fsp3) is 0.278. The zero-order chi connectivity index (χ0) is 22.5. The average Bonchev–Trinajstić information content (AvgIpc) is 3.20. The Morgan fingerprint density at radius 3 is 2.71 bits per heavy atom. The Kier molecular flexibility index (Phi) is 5.14. The summed E-state index contributed by atoms with van der Waals surface area (Å²) >= 11 is 0. The first-order chi connectivity index (χ1) is 14.5. The van der Waals surface area contributed by atoms with E-state index in [0.717, 1.165) is 18.2 Å². The maximum Gasteiger partial charge on any atom is 0.257 e. The molecule has 1 saturated heterocycles. The number of benzene rings is 1. The third-order valence-corrected chi connectivity index (χ3v) is 4.92. The molecule has 1 fully saturated rings. The van der Waals surface area contributed by atoms with Gasteiger partial charge in [0.25, 0.3) is 5.91 Å². The first-order valence-electron chi connectivity index (χ1n) is 9.23.